The number of benzene rings is 1. The topological polar surface area (TPSA) is 54.9 Å². The van der Waals surface area contributed by atoms with E-state index in [1.54, 1.807) is 30.5 Å². The minimum atomic E-state index is 0.0334. The summed E-state index contributed by atoms with van der Waals surface area (Å²) >= 11 is 5.82. The Morgan fingerprint density at radius 2 is 1.88 bits per heavy atom. The van der Waals surface area contributed by atoms with E-state index in [0.717, 1.165) is 25.2 Å². The number of hydrogen-bond donors (Lipinski definition) is 0. The van der Waals surface area contributed by atoms with Gasteiger partial charge in [-0.3, -0.25) is 9.69 Å². The Morgan fingerprint density at radius 1 is 1.08 bits per heavy atom. The van der Waals surface area contributed by atoms with Crippen LogP contribution in [0.5, 0.6) is 11.5 Å². The van der Waals surface area contributed by atoms with Crippen molar-refractivity contribution in [3.05, 3.63) is 52.8 Å². The van der Waals surface area contributed by atoms with Crippen molar-refractivity contribution in [2.24, 2.45) is 0 Å². The summed E-state index contributed by atoms with van der Waals surface area (Å²) in [5, 5.41) is 0.503. The van der Waals surface area contributed by atoms with E-state index < -0.39 is 0 Å². The minimum absolute atomic E-state index is 0.0334. The molecule has 0 saturated carbocycles. The molecule has 0 atom stereocenters. The van der Waals surface area contributed by atoms with Gasteiger partial charge in [0.2, 0.25) is 6.79 Å². The molecule has 0 bridgehead atoms. The van der Waals surface area contributed by atoms with E-state index >= 15 is 0 Å². The molecule has 25 heavy (non-hydrogen) atoms. The smallest absolute Gasteiger partial charge is 0.254 e. The number of aromatic nitrogens is 1. The molecule has 2 aromatic rings. The van der Waals surface area contributed by atoms with Crippen molar-refractivity contribution in [3.63, 3.8) is 0 Å². The van der Waals surface area contributed by atoms with Crippen LogP contribution in [0.2, 0.25) is 5.15 Å². The lowest BCUT2D eigenvalue weighted by Gasteiger charge is -2.34. The molecule has 1 aromatic carbocycles. The molecule has 1 aromatic heterocycles. The molecule has 7 heteroatoms. The Hall–Kier alpha value is -2.31. The normalized spacial score (nSPS) is 16.9. The lowest BCUT2D eigenvalue weighted by molar-refractivity contribution is 0.0628. The Bertz CT molecular complexity index is 774. The van der Waals surface area contributed by atoms with Crippen LogP contribution in [0.25, 0.3) is 0 Å². The van der Waals surface area contributed by atoms with Crippen molar-refractivity contribution in [3.8, 4) is 11.5 Å². The number of fused-ring (bicyclic) bond motifs is 1. The predicted octanol–water partition coefficient (Wildman–Crippen LogP) is 2.42. The van der Waals surface area contributed by atoms with Crippen LogP contribution >= 0.6 is 11.6 Å². The van der Waals surface area contributed by atoms with Crippen LogP contribution in [0.1, 0.15) is 15.9 Å². The molecular weight excluding hydrogens is 342 g/mol. The number of rotatable bonds is 3. The van der Waals surface area contributed by atoms with Gasteiger partial charge >= 0.3 is 0 Å². The summed E-state index contributed by atoms with van der Waals surface area (Å²) in [5.41, 5.74) is 1.76. The van der Waals surface area contributed by atoms with Crippen LogP contribution in [0.4, 0.5) is 0 Å². The van der Waals surface area contributed by atoms with Gasteiger partial charge in [0.05, 0.1) is 0 Å². The van der Waals surface area contributed by atoms with Gasteiger partial charge in [-0.2, -0.15) is 0 Å². The van der Waals surface area contributed by atoms with Gasteiger partial charge in [0.1, 0.15) is 5.15 Å². The first kappa shape index (κ1) is 16.2. The zero-order valence-corrected chi connectivity index (χ0v) is 14.4. The molecule has 1 saturated heterocycles. The highest BCUT2D eigenvalue weighted by atomic mass is 35.5. The number of carbonyl (C=O) groups excluding carboxylic acids is 1. The SMILES string of the molecule is O=C(c1ccc2c(c1)OCO2)N1CCN(Cc2ccc(Cl)nc2)CC1. The zero-order valence-electron chi connectivity index (χ0n) is 13.7. The fourth-order valence-electron chi connectivity index (χ4n) is 3.08. The minimum Gasteiger partial charge on any atom is -0.454 e. The Labute approximate surface area is 150 Å². The van der Waals surface area contributed by atoms with Crippen molar-refractivity contribution in [1.29, 1.82) is 0 Å². The van der Waals surface area contributed by atoms with Crippen molar-refractivity contribution in [2.75, 3.05) is 33.0 Å². The van der Waals surface area contributed by atoms with Crippen molar-refractivity contribution in [2.45, 2.75) is 6.54 Å². The van der Waals surface area contributed by atoms with Gasteiger partial charge < -0.3 is 14.4 Å². The van der Waals surface area contributed by atoms with Crippen LogP contribution in [0.15, 0.2) is 36.5 Å². The molecule has 1 fully saturated rings. The van der Waals surface area contributed by atoms with Gasteiger partial charge in [-0.1, -0.05) is 17.7 Å². The standard InChI is InChI=1S/C18H18ClN3O3/c19-17-4-1-13(10-20-17)11-21-5-7-22(8-6-21)18(23)14-2-3-15-16(9-14)25-12-24-15/h1-4,9-10H,5-8,11-12H2. The second kappa shape index (κ2) is 6.90. The molecule has 4 rings (SSSR count). The average Bonchev–Trinajstić information content (AvgIpc) is 3.11. The second-order valence-electron chi connectivity index (χ2n) is 6.13. The fraction of sp³-hybridized carbons (Fsp3) is 0.333. The first-order valence-corrected chi connectivity index (χ1v) is 8.58. The van der Waals surface area contributed by atoms with Gasteiger partial charge in [-0.05, 0) is 29.8 Å². The third kappa shape index (κ3) is 3.55. The first-order valence-electron chi connectivity index (χ1n) is 8.21. The summed E-state index contributed by atoms with van der Waals surface area (Å²) < 4.78 is 10.6. The maximum Gasteiger partial charge on any atom is 0.254 e. The highest BCUT2D eigenvalue weighted by Crippen LogP contribution is 2.32. The number of halogens is 1. The summed E-state index contributed by atoms with van der Waals surface area (Å²) in [6.07, 6.45) is 1.80. The molecule has 6 nitrogen and oxygen atoms in total. The highest BCUT2D eigenvalue weighted by Gasteiger charge is 2.24. The summed E-state index contributed by atoms with van der Waals surface area (Å²) in [6, 6.07) is 9.13. The van der Waals surface area contributed by atoms with Crippen LogP contribution in [-0.2, 0) is 6.54 Å². The summed E-state index contributed by atoms with van der Waals surface area (Å²) in [4.78, 5) is 21.0. The molecule has 3 heterocycles. The number of nitrogens with zero attached hydrogens (tertiary/aromatic N) is 3. The first-order chi connectivity index (χ1) is 12.2. The average molecular weight is 360 g/mol. The van der Waals surface area contributed by atoms with E-state index in [1.807, 2.05) is 11.0 Å². The van der Waals surface area contributed by atoms with Gasteiger partial charge in [-0.15, -0.1) is 0 Å². The molecule has 2 aliphatic rings. The maximum atomic E-state index is 12.7. The third-order valence-corrected chi connectivity index (χ3v) is 4.70. The third-order valence-electron chi connectivity index (χ3n) is 4.47. The highest BCUT2D eigenvalue weighted by molar-refractivity contribution is 6.29. The lowest BCUT2D eigenvalue weighted by atomic mass is 10.1. The molecule has 0 aliphatic carbocycles. The largest absolute Gasteiger partial charge is 0.454 e. The van der Waals surface area contributed by atoms with E-state index in [1.165, 1.54) is 0 Å². The number of amides is 1. The molecule has 0 spiro atoms. The van der Waals surface area contributed by atoms with Crippen LogP contribution < -0.4 is 9.47 Å². The number of carbonyl (C=O) groups is 1. The quantitative estimate of drug-likeness (QED) is 0.788. The number of pyridine rings is 1. The molecular formula is C18H18ClN3O3. The lowest BCUT2D eigenvalue weighted by Crippen LogP contribution is -2.48. The van der Waals surface area contributed by atoms with Crippen molar-refractivity contribution >= 4 is 17.5 Å². The van der Waals surface area contributed by atoms with Crippen LogP contribution in [0.3, 0.4) is 0 Å². The zero-order chi connectivity index (χ0) is 17.2. The van der Waals surface area contributed by atoms with E-state index in [0.29, 0.717) is 35.3 Å². The number of piperazine rings is 1. The van der Waals surface area contributed by atoms with Crippen LogP contribution in [0, 0.1) is 0 Å². The second-order valence-corrected chi connectivity index (χ2v) is 6.51. The Balaban J connectivity index is 1.35. The molecule has 1 amide bonds. The van der Waals surface area contributed by atoms with Gasteiger partial charge in [0.15, 0.2) is 11.5 Å². The Kier molecular flexibility index (Phi) is 4.46. The van der Waals surface area contributed by atoms with E-state index in [9.17, 15) is 4.79 Å². The summed E-state index contributed by atoms with van der Waals surface area (Å²) in [7, 11) is 0. The fourth-order valence-corrected chi connectivity index (χ4v) is 3.19. The van der Waals surface area contributed by atoms with Crippen molar-refractivity contribution in [1.82, 2.24) is 14.8 Å². The van der Waals surface area contributed by atoms with E-state index in [4.69, 9.17) is 21.1 Å². The molecule has 130 valence electrons. The predicted molar refractivity (Wildman–Crippen MR) is 93.0 cm³/mol. The molecule has 2 aliphatic heterocycles. The van der Waals surface area contributed by atoms with E-state index in [-0.39, 0.29) is 12.7 Å². The van der Waals surface area contributed by atoms with Crippen LogP contribution in [-0.4, -0.2) is 53.7 Å². The molecule has 0 unspecified atom stereocenters. The van der Waals surface area contributed by atoms with Crippen molar-refractivity contribution < 1.29 is 14.3 Å². The van der Waals surface area contributed by atoms with E-state index in [2.05, 4.69) is 9.88 Å². The molecule has 0 N–H and O–H groups in total. The molecule has 0 radical (unpaired) electrons. The Morgan fingerprint density at radius 3 is 2.64 bits per heavy atom. The van der Waals surface area contributed by atoms with Gasteiger partial charge in [0, 0.05) is 44.5 Å². The summed E-state index contributed by atoms with van der Waals surface area (Å²) in [5.74, 6) is 1.36. The van der Waals surface area contributed by atoms with Gasteiger partial charge in [0.25, 0.3) is 5.91 Å². The number of hydrogen-bond acceptors (Lipinski definition) is 5. The van der Waals surface area contributed by atoms with Gasteiger partial charge in [-0.25, -0.2) is 4.98 Å². The summed E-state index contributed by atoms with van der Waals surface area (Å²) in [6.45, 7) is 4.10. The number of ether oxygens (including phenoxy) is 2. The monoisotopic (exact) mass is 359 g/mol. The maximum absolute atomic E-state index is 12.7.